The van der Waals surface area contributed by atoms with Crippen molar-refractivity contribution in [1.82, 2.24) is 20.6 Å². The Labute approximate surface area is 180 Å². The van der Waals surface area contributed by atoms with Gasteiger partial charge in [0.2, 0.25) is 0 Å². The number of ether oxygens (including phenoxy) is 1. The number of unbranched alkanes of at least 4 members (excludes halogenated alkanes) is 1. The molecule has 31 heavy (non-hydrogen) atoms. The molecule has 158 valence electrons. The first-order valence-electron chi connectivity index (χ1n) is 10.4. The first-order chi connectivity index (χ1) is 15.2. The number of hydrazone groups is 1. The molecule has 2 heterocycles. The Morgan fingerprint density at radius 3 is 2.87 bits per heavy atom. The van der Waals surface area contributed by atoms with E-state index in [2.05, 4.69) is 32.6 Å². The van der Waals surface area contributed by atoms with Crippen LogP contribution in [0.1, 0.15) is 41.5 Å². The van der Waals surface area contributed by atoms with Crippen LogP contribution in [0.15, 0.2) is 59.7 Å². The van der Waals surface area contributed by atoms with E-state index in [9.17, 15) is 4.79 Å². The van der Waals surface area contributed by atoms with Crippen LogP contribution in [-0.2, 0) is 0 Å². The van der Waals surface area contributed by atoms with Crippen LogP contribution in [0.25, 0.3) is 22.2 Å². The summed E-state index contributed by atoms with van der Waals surface area (Å²) in [6.07, 6.45) is 3.70. The second-order valence-corrected chi connectivity index (χ2v) is 7.27. The van der Waals surface area contributed by atoms with Gasteiger partial charge in [0.25, 0.3) is 5.91 Å². The number of rotatable bonds is 8. The number of aromatic nitrogens is 3. The Morgan fingerprint density at radius 1 is 1.19 bits per heavy atom. The van der Waals surface area contributed by atoms with Crippen LogP contribution in [0.2, 0.25) is 0 Å². The number of H-pyrrole nitrogens is 2. The molecule has 0 fully saturated rings. The fourth-order valence-corrected chi connectivity index (χ4v) is 3.39. The number of carbonyl (C=O) groups is 1. The van der Waals surface area contributed by atoms with Crippen LogP contribution < -0.4 is 10.2 Å². The summed E-state index contributed by atoms with van der Waals surface area (Å²) in [5.41, 5.74) is 7.34. The number of hydrogen-bond acceptors (Lipinski definition) is 4. The molecule has 7 heteroatoms. The Morgan fingerprint density at radius 2 is 2.00 bits per heavy atom. The maximum absolute atomic E-state index is 12.5. The van der Waals surface area contributed by atoms with Crippen molar-refractivity contribution in [2.24, 2.45) is 5.10 Å². The summed E-state index contributed by atoms with van der Waals surface area (Å²) in [6.45, 7) is 4.74. The number of benzene rings is 2. The monoisotopic (exact) mass is 415 g/mol. The molecular weight excluding hydrogens is 390 g/mol. The maximum atomic E-state index is 12.5. The first kappa shape index (κ1) is 20.4. The molecule has 0 unspecified atom stereocenters. The van der Waals surface area contributed by atoms with Crippen LogP contribution in [-0.4, -0.2) is 33.9 Å². The summed E-state index contributed by atoms with van der Waals surface area (Å²) in [6, 6.07) is 17.4. The third-order valence-corrected chi connectivity index (χ3v) is 5.04. The first-order valence-corrected chi connectivity index (χ1v) is 10.4. The highest BCUT2D eigenvalue weighted by atomic mass is 16.5. The standard InChI is InChI=1S/C24H25N5O2/c1-3-4-13-31-23-12-8-6-10-18(23)21-14-22(28-27-21)24(30)29-25-15-19-16(2)26-20-11-7-5-9-17(19)20/h5-12,14-15,26H,3-4,13H2,1-2H3,(H,27,28)(H,29,30)/b25-15+. The minimum Gasteiger partial charge on any atom is -0.493 e. The molecule has 0 aliphatic rings. The van der Waals surface area contributed by atoms with E-state index in [0.717, 1.165) is 46.3 Å². The van der Waals surface area contributed by atoms with Gasteiger partial charge in [-0.2, -0.15) is 10.2 Å². The number of carbonyl (C=O) groups excluding carboxylic acids is 1. The molecule has 0 saturated carbocycles. The summed E-state index contributed by atoms with van der Waals surface area (Å²) in [5.74, 6) is 0.388. The number of aryl methyl sites for hydroxylation is 1. The fraction of sp³-hybridized carbons (Fsp3) is 0.208. The van der Waals surface area contributed by atoms with Crippen molar-refractivity contribution in [1.29, 1.82) is 0 Å². The van der Waals surface area contributed by atoms with E-state index >= 15 is 0 Å². The van der Waals surface area contributed by atoms with E-state index in [1.165, 1.54) is 0 Å². The van der Waals surface area contributed by atoms with E-state index in [1.54, 1.807) is 12.3 Å². The van der Waals surface area contributed by atoms with Crippen molar-refractivity contribution in [3.8, 4) is 17.0 Å². The van der Waals surface area contributed by atoms with Gasteiger partial charge in [-0.1, -0.05) is 43.7 Å². The summed E-state index contributed by atoms with van der Waals surface area (Å²) >= 11 is 0. The molecule has 4 rings (SSSR count). The van der Waals surface area contributed by atoms with Crippen molar-refractivity contribution < 1.29 is 9.53 Å². The van der Waals surface area contributed by atoms with E-state index < -0.39 is 0 Å². The van der Waals surface area contributed by atoms with Gasteiger partial charge in [-0.3, -0.25) is 9.89 Å². The molecule has 2 aromatic carbocycles. The summed E-state index contributed by atoms with van der Waals surface area (Å²) in [4.78, 5) is 15.8. The topological polar surface area (TPSA) is 95.2 Å². The molecule has 0 saturated heterocycles. The SMILES string of the molecule is CCCCOc1ccccc1-c1cc(C(=O)N/N=C/c2c(C)[nH]c3ccccc23)[nH]n1. The number of fused-ring (bicyclic) bond motifs is 1. The molecular formula is C24H25N5O2. The van der Waals surface area contributed by atoms with Crippen molar-refractivity contribution in [2.75, 3.05) is 6.61 Å². The smallest absolute Gasteiger partial charge is 0.289 e. The Bertz CT molecular complexity index is 1220. The second kappa shape index (κ2) is 9.30. The van der Waals surface area contributed by atoms with E-state index in [1.807, 2.05) is 55.5 Å². The molecule has 2 aromatic heterocycles. The predicted molar refractivity (Wildman–Crippen MR) is 123 cm³/mol. The number of amides is 1. The summed E-state index contributed by atoms with van der Waals surface area (Å²) in [5, 5.41) is 12.3. The number of para-hydroxylation sites is 2. The highest BCUT2D eigenvalue weighted by Crippen LogP contribution is 2.29. The van der Waals surface area contributed by atoms with Crippen LogP contribution in [0, 0.1) is 6.92 Å². The van der Waals surface area contributed by atoms with Gasteiger partial charge in [-0.05, 0) is 37.6 Å². The molecule has 3 N–H and O–H groups in total. The molecule has 0 aliphatic carbocycles. The summed E-state index contributed by atoms with van der Waals surface area (Å²) in [7, 11) is 0. The van der Waals surface area contributed by atoms with E-state index in [0.29, 0.717) is 18.0 Å². The quantitative estimate of drug-likeness (QED) is 0.219. The second-order valence-electron chi connectivity index (χ2n) is 7.27. The van der Waals surface area contributed by atoms with Gasteiger partial charge in [0, 0.05) is 27.7 Å². The molecule has 0 bridgehead atoms. The third kappa shape index (κ3) is 4.50. The van der Waals surface area contributed by atoms with Crippen LogP contribution in [0.4, 0.5) is 0 Å². The average molecular weight is 415 g/mol. The molecule has 0 radical (unpaired) electrons. The Kier molecular flexibility index (Phi) is 6.12. The van der Waals surface area contributed by atoms with Gasteiger partial charge >= 0.3 is 0 Å². The minimum absolute atomic E-state index is 0.325. The zero-order chi connectivity index (χ0) is 21.6. The van der Waals surface area contributed by atoms with E-state index in [4.69, 9.17) is 4.74 Å². The molecule has 0 spiro atoms. The number of nitrogens with one attached hydrogen (secondary N) is 3. The fourth-order valence-electron chi connectivity index (χ4n) is 3.39. The Hall–Kier alpha value is -3.87. The predicted octanol–water partition coefficient (Wildman–Crippen LogP) is 4.81. The largest absolute Gasteiger partial charge is 0.493 e. The lowest BCUT2D eigenvalue weighted by Gasteiger charge is -2.09. The number of nitrogens with zero attached hydrogens (tertiary/aromatic N) is 2. The van der Waals surface area contributed by atoms with Gasteiger partial charge in [0.1, 0.15) is 11.4 Å². The van der Waals surface area contributed by atoms with Crippen molar-refractivity contribution in [3.63, 3.8) is 0 Å². The number of hydrogen-bond donors (Lipinski definition) is 3. The normalized spacial score (nSPS) is 11.3. The van der Waals surface area contributed by atoms with Crippen LogP contribution in [0.5, 0.6) is 5.75 Å². The van der Waals surface area contributed by atoms with Gasteiger partial charge in [-0.25, -0.2) is 5.43 Å². The lowest BCUT2D eigenvalue weighted by atomic mass is 10.1. The average Bonchev–Trinajstić information content (AvgIpc) is 3.39. The van der Waals surface area contributed by atoms with Gasteiger partial charge in [0.05, 0.1) is 18.5 Å². The van der Waals surface area contributed by atoms with Crippen molar-refractivity contribution >= 4 is 23.0 Å². The lowest BCUT2D eigenvalue weighted by molar-refractivity contribution is 0.0950. The van der Waals surface area contributed by atoms with E-state index in [-0.39, 0.29) is 5.91 Å². The highest BCUT2D eigenvalue weighted by molar-refractivity contribution is 6.01. The van der Waals surface area contributed by atoms with Gasteiger partial charge in [-0.15, -0.1) is 0 Å². The zero-order valence-corrected chi connectivity index (χ0v) is 17.6. The minimum atomic E-state index is -0.364. The molecule has 7 nitrogen and oxygen atoms in total. The molecule has 4 aromatic rings. The highest BCUT2D eigenvalue weighted by Gasteiger charge is 2.14. The Balaban J connectivity index is 1.47. The van der Waals surface area contributed by atoms with Crippen molar-refractivity contribution in [3.05, 3.63) is 71.5 Å². The molecule has 1 amide bonds. The van der Waals surface area contributed by atoms with Gasteiger partial charge < -0.3 is 9.72 Å². The van der Waals surface area contributed by atoms with Gasteiger partial charge in [0.15, 0.2) is 0 Å². The maximum Gasteiger partial charge on any atom is 0.289 e. The molecule has 0 aliphatic heterocycles. The summed E-state index contributed by atoms with van der Waals surface area (Å²) < 4.78 is 5.87. The molecule has 0 atom stereocenters. The van der Waals surface area contributed by atoms with Crippen LogP contribution in [0.3, 0.4) is 0 Å². The van der Waals surface area contributed by atoms with Crippen LogP contribution >= 0.6 is 0 Å². The third-order valence-electron chi connectivity index (χ3n) is 5.04. The lowest BCUT2D eigenvalue weighted by Crippen LogP contribution is -2.18. The zero-order valence-electron chi connectivity index (χ0n) is 17.6. The van der Waals surface area contributed by atoms with Crippen molar-refractivity contribution in [2.45, 2.75) is 26.7 Å². The number of aromatic amines is 2.